The van der Waals surface area contributed by atoms with E-state index in [4.69, 9.17) is 5.73 Å². The van der Waals surface area contributed by atoms with Gasteiger partial charge >= 0.3 is 0 Å². The van der Waals surface area contributed by atoms with E-state index in [0.717, 1.165) is 25.3 Å². The average molecular weight is 259 g/mol. The van der Waals surface area contributed by atoms with E-state index in [1.165, 1.54) is 12.8 Å². The quantitative estimate of drug-likeness (QED) is 0.760. The number of carbonyl (C=O) groups is 1. The van der Waals surface area contributed by atoms with Crippen molar-refractivity contribution in [3.05, 3.63) is 0 Å². The van der Waals surface area contributed by atoms with Crippen LogP contribution in [0.4, 0.5) is 0 Å². The summed E-state index contributed by atoms with van der Waals surface area (Å²) in [4.78, 5) is 16.2. The summed E-state index contributed by atoms with van der Waals surface area (Å²) in [7, 11) is 4.00. The topological polar surface area (TPSA) is 49.6 Å². The molecule has 0 radical (unpaired) electrons. The molecule has 100 valence electrons. The number of carbonyl (C=O) groups excluding carboxylic acids is 1. The third-order valence-electron chi connectivity index (χ3n) is 3.48. The lowest BCUT2D eigenvalue weighted by molar-refractivity contribution is -0.131. The van der Waals surface area contributed by atoms with Crippen molar-refractivity contribution in [3.8, 4) is 0 Å². The highest BCUT2D eigenvalue weighted by Crippen LogP contribution is 2.15. The summed E-state index contributed by atoms with van der Waals surface area (Å²) in [6.45, 7) is 1.95. The number of hydrogen-bond donors (Lipinski definition) is 1. The molecule has 0 aromatic rings. The van der Waals surface area contributed by atoms with Gasteiger partial charge in [0.05, 0.1) is 6.04 Å². The van der Waals surface area contributed by atoms with Gasteiger partial charge in [0.25, 0.3) is 0 Å². The van der Waals surface area contributed by atoms with Gasteiger partial charge in [-0.1, -0.05) is 0 Å². The number of hydrogen-bond acceptors (Lipinski definition) is 4. The summed E-state index contributed by atoms with van der Waals surface area (Å²) in [6.07, 6.45) is 5.23. The normalized spacial score (nSPS) is 22.7. The van der Waals surface area contributed by atoms with E-state index in [-0.39, 0.29) is 11.9 Å². The zero-order valence-corrected chi connectivity index (χ0v) is 12.0. The van der Waals surface area contributed by atoms with Crippen molar-refractivity contribution in [2.45, 2.75) is 31.3 Å². The summed E-state index contributed by atoms with van der Waals surface area (Å²) in [5.74, 6) is 1.03. The first kappa shape index (κ1) is 14.8. The number of likely N-dealkylation sites (tertiary alicyclic amines) is 1. The van der Waals surface area contributed by atoms with Crippen LogP contribution in [0.1, 0.15) is 19.3 Å². The van der Waals surface area contributed by atoms with Gasteiger partial charge in [0.1, 0.15) is 0 Å². The van der Waals surface area contributed by atoms with Crippen molar-refractivity contribution in [2.75, 3.05) is 39.2 Å². The standard InChI is InChI=1S/C12H25N3OS/c1-14-7-4-5-10(14)9-15(2)12(16)11(13)6-8-17-3/h10-11H,4-9,13H2,1-3H3/t10?,11-/m0/s1. The third-order valence-corrected chi connectivity index (χ3v) is 4.13. The van der Waals surface area contributed by atoms with Crippen LogP contribution in [0, 0.1) is 0 Å². The molecule has 1 rings (SSSR count). The van der Waals surface area contributed by atoms with E-state index < -0.39 is 0 Å². The second-order valence-corrected chi connectivity index (χ2v) is 5.87. The van der Waals surface area contributed by atoms with Gasteiger partial charge in [0.2, 0.25) is 5.91 Å². The molecular weight excluding hydrogens is 234 g/mol. The first-order valence-corrected chi connectivity index (χ1v) is 7.65. The molecule has 2 atom stereocenters. The predicted molar refractivity (Wildman–Crippen MR) is 74.3 cm³/mol. The molecule has 0 aliphatic carbocycles. The number of nitrogens with zero attached hydrogens (tertiary/aromatic N) is 2. The molecule has 0 aromatic heterocycles. The minimum absolute atomic E-state index is 0.0827. The maximum absolute atomic E-state index is 12.0. The van der Waals surface area contributed by atoms with Crippen molar-refractivity contribution < 1.29 is 4.79 Å². The minimum Gasteiger partial charge on any atom is -0.343 e. The van der Waals surface area contributed by atoms with Crippen molar-refractivity contribution in [2.24, 2.45) is 5.73 Å². The minimum atomic E-state index is -0.334. The Hall–Kier alpha value is -0.260. The molecule has 17 heavy (non-hydrogen) atoms. The Bertz CT molecular complexity index is 250. The summed E-state index contributed by atoms with van der Waals surface area (Å²) in [6, 6.07) is 0.177. The SMILES string of the molecule is CSCC[C@H](N)C(=O)N(C)CC1CCCN1C. The molecule has 4 nitrogen and oxygen atoms in total. The van der Waals surface area contributed by atoms with Gasteiger partial charge in [0.15, 0.2) is 0 Å². The third kappa shape index (κ3) is 4.48. The molecule has 1 heterocycles. The van der Waals surface area contributed by atoms with E-state index in [9.17, 15) is 4.79 Å². The van der Waals surface area contributed by atoms with E-state index in [2.05, 4.69) is 11.9 Å². The fourth-order valence-electron chi connectivity index (χ4n) is 2.27. The van der Waals surface area contributed by atoms with Gasteiger partial charge in [0, 0.05) is 19.6 Å². The molecule has 0 spiro atoms. The second kappa shape index (κ2) is 7.24. The van der Waals surface area contributed by atoms with Crippen molar-refractivity contribution in [1.29, 1.82) is 0 Å². The zero-order valence-electron chi connectivity index (χ0n) is 11.2. The fraction of sp³-hybridized carbons (Fsp3) is 0.917. The lowest BCUT2D eigenvalue weighted by Gasteiger charge is -2.27. The molecule has 0 bridgehead atoms. The molecule has 1 fully saturated rings. The zero-order chi connectivity index (χ0) is 12.8. The summed E-state index contributed by atoms with van der Waals surface area (Å²) < 4.78 is 0. The summed E-state index contributed by atoms with van der Waals surface area (Å²) in [5.41, 5.74) is 5.89. The Labute approximate surface area is 109 Å². The van der Waals surface area contributed by atoms with Gasteiger partial charge in [-0.15, -0.1) is 0 Å². The van der Waals surface area contributed by atoms with Gasteiger partial charge in [-0.3, -0.25) is 4.79 Å². The lowest BCUT2D eigenvalue weighted by Crippen LogP contribution is -2.46. The number of amides is 1. The molecule has 0 saturated carbocycles. The van der Waals surface area contributed by atoms with Gasteiger partial charge in [-0.05, 0) is 44.9 Å². The van der Waals surface area contributed by atoms with Crippen LogP contribution >= 0.6 is 11.8 Å². The number of rotatable bonds is 6. The van der Waals surface area contributed by atoms with Crippen molar-refractivity contribution in [1.82, 2.24) is 9.80 Å². The molecule has 1 aliphatic heterocycles. The van der Waals surface area contributed by atoms with Gasteiger partial charge < -0.3 is 15.5 Å². The predicted octanol–water partition coefficient (Wildman–Crippen LogP) is 0.619. The summed E-state index contributed by atoms with van der Waals surface area (Å²) >= 11 is 1.73. The van der Waals surface area contributed by atoms with Crippen LogP contribution in [0.3, 0.4) is 0 Å². The molecule has 0 aromatic carbocycles. The number of nitrogens with two attached hydrogens (primary N) is 1. The van der Waals surface area contributed by atoms with E-state index >= 15 is 0 Å². The van der Waals surface area contributed by atoms with Crippen LogP contribution in [0.25, 0.3) is 0 Å². The lowest BCUT2D eigenvalue weighted by atomic mass is 10.1. The Morgan fingerprint density at radius 1 is 1.65 bits per heavy atom. The van der Waals surface area contributed by atoms with Crippen LogP contribution in [0.5, 0.6) is 0 Å². The van der Waals surface area contributed by atoms with E-state index in [1.54, 1.807) is 16.7 Å². The van der Waals surface area contributed by atoms with Crippen molar-refractivity contribution in [3.63, 3.8) is 0 Å². The number of thioether (sulfide) groups is 1. The first-order chi connectivity index (χ1) is 8.06. The molecule has 1 amide bonds. The highest BCUT2D eigenvalue weighted by molar-refractivity contribution is 7.98. The molecule has 1 saturated heterocycles. The van der Waals surface area contributed by atoms with Gasteiger partial charge in [-0.25, -0.2) is 0 Å². The Kier molecular flexibility index (Phi) is 6.30. The van der Waals surface area contributed by atoms with Crippen molar-refractivity contribution >= 4 is 17.7 Å². The molecular formula is C12H25N3OS. The van der Waals surface area contributed by atoms with Crippen LogP contribution < -0.4 is 5.73 Å². The Morgan fingerprint density at radius 2 is 2.35 bits per heavy atom. The Balaban J connectivity index is 2.35. The van der Waals surface area contributed by atoms with Gasteiger partial charge in [-0.2, -0.15) is 11.8 Å². The molecule has 5 heteroatoms. The molecule has 2 N–H and O–H groups in total. The second-order valence-electron chi connectivity index (χ2n) is 4.88. The highest BCUT2D eigenvalue weighted by Gasteiger charge is 2.25. The maximum atomic E-state index is 12.0. The van der Waals surface area contributed by atoms with Crippen LogP contribution in [-0.4, -0.2) is 67.0 Å². The number of likely N-dealkylation sites (N-methyl/N-ethyl adjacent to an activating group) is 2. The fourth-order valence-corrected chi connectivity index (χ4v) is 2.76. The first-order valence-electron chi connectivity index (χ1n) is 6.26. The average Bonchev–Trinajstić information content (AvgIpc) is 2.70. The van der Waals surface area contributed by atoms with E-state index in [0.29, 0.717) is 6.04 Å². The highest BCUT2D eigenvalue weighted by atomic mass is 32.2. The maximum Gasteiger partial charge on any atom is 0.239 e. The van der Waals surface area contributed by atoms with Crippen LogP contribution in [0.15, 0.2) is 0 Å². The largest absolute Gasteiger partial charge is 0.343 e. The van der Waals surface area contributed by atoms with E-state index in [1.807, 2.05) is 13.3 Å². The molecule has 1 aliphatic rings. The molecule has 1 unspecified atom stereocenters. The smallest absolute Gasteiger partial charge is 0.239 e. The van der Waals surface area contributed by atoms with Crippen LogP contribution in [-0.2, 0) is 4.79 Å². The monoisotopic (exact) mass is 259 g/mol. The van der Waals surface area contributed by atoms with Crippen LogP contribution in [0.2, 0.25) is 0 Å². The Morgan fingerprint density at radius 3 is 2.88 bits per heavy atom. The summed E-state index contributed by atoms with van der Waals surface area (Å²) in [5, 5.41) is 0.